The number of hydrogen-bond acceptors (Lipinski definition) is 3. The van der Waals surface area contributed by atoms with Crippen LogP contribution in [0.5, 0.6) is 0 Å². The van der Waals surface area contributed by atoms with Crippen molar-refractivity contribution in [3.05, 3.63) is 35.4 Å². The van der Waals surface area contributed by atoms with E-state index in [1.165, 1.54) is 0 Å². The van der Waals surface area contributed by atoms with E-state index in [0.717, 1.165) is 18.7 Å². The Morgan fingerprint density at radius 2 is 2.06 bits per heavy atom. The van der Waals surface area contributed by atoms with E-state index in [0.29, 0.717) is 18.5 Å². The van der Waals surface area contributed by atoms with Gasteiger partial charge in [0.25, 0.3) is 0 Å². The zero-order valence-electron chi connectivity index (χ0n) is 10.9. The zero-order chi connectivity index (χ0) is 13.4. The van der Waals surface area contributed by atoms with E-state index in [9.17, 15) is 4.79 Å². The summed E-state index contributed by atoms with van der Waals surface area (Å²) in [5.41, 5.74) is 1.54. The Morgan fingerprint density at radius 1 is 1.39 bits per heavy atom. The molecule has 1 aromatic carbocycles. The molecule has 4 nitrogen and oxygen atoms in total. The minimum absolute atomic E-state index is 0.0178. The topological polar surface area (TPSA) is 56.1 Å². The van der Waals surface area contributed by atoms with Crippen LogP contribution in [0, 0.1) is 11.3 Å². The van der Waals surface area contributed by atoms with E-state index in [2.05, 4.69) is 23.2 Å². The van der Waals surface area contributed by atoms with E-state index < -0.39 is 0 Å². The minimum Gasteiger partial charge on any atom is -0.355 e. The maximum atomic E-state index is 11.6. The van der Waals surface area contributed by atoms with Gasteiger partial charge in [-0.15, -0.1) is 0 Å². The first-order chi connectivity index (χ1) is 8.65. The first kappa shape index (κ1) is 14.2. The molecule has 96 valence electrons. The van der Waals surface area contributed by atoms with Crippen LogP contribution < -0.4 is 5.32 Å². The highest BCUT2D eigenvalue weighted by atomic mass is 16.1. The molecule has 0 aliphatic rings. The SMILES string of the molecule is CCN(C)CCNC(=O)Cc1ccc(C#N)cc1. The lowest BCUT2D eigenvalue weighted by atomic mass is 10.1. The van der Waals surface area contributed by atoms with Crippen LogP contribution in [0.4, 0.5) is 0 Å². The van der Waals surface area contributed by atoms with E-state index in [1.54, 1.807) is 12.1 Å². The second-order valence-electron chi connectivity index (χ2n) is 4.23. The first-order valence-electron chi connectivity index (χ1n) is 6.10. The van der Waals surface area contributed by atoms with E-state index in [-0.39, 0.29) is 5.91 Å². The third kappa shape index (κ3) is 4.98. The van der Waals surface area contributed by atoms with Crippen molar-refractivity contribution in [1.29, 1.82) is 5.26 Å². The Bertz CT molecular complexity index is 420. The number of rotatable bonds is 6. The lowest BCUT2D eigenvalue weighted by Crippen LogP contribution is -2.33. The van der Waals surface area contributed by atoms with Crippen LogP contribution in [0.15, 0.2) is 24.3 Å². The van der Waals surface area contributed by atoms with Crippen molar-refractivity contribution in [2.24, 2.45) is 0 Å². The molecule has 0 bridgehead atoms. The number of benzene rings is 1. The van der Waals surface area contributed by atoms with Gasteiger partial charge in [-0.2, -0.15) is 5.26 Å². The number of carbonyl (C=O) groups is 1. The predicted molar refractivity (Wildman–Crippen MR) is 71.0 cm³/mol. The maximum Gasteiger partial charge on any atom is 0.224 e. The number of nitrogens with zero attached hydrogens (tertiary/aromatic N) is 2. The third-order valence-electron chi connectivity index (χ3n) is 2.80. The summed E-state index contributed by atoms with van der Waals surface area (Å²) in [6.45, 7) is 4.58. The first-order valence-corrected chi connectivity index (χ1v) is 6.10. The Morgan fingerprint density at radius 3 is 2.61 bits per heavy atom. The average molecular weight is 245 g/mol. The second-order valence-corrected chi connectivity index (χ2v) is 4.23. The van der Waals surface area contributed by atoms with Gasteiger partial charge in [0.1, 0.15) is 0 Å². The van der Waals surface area contributed by atoms with Crippen molar-refractivity contribution in [1.82, 2.24) is 10.2 Å². The molecule has 0 aliphatic carbocycles. The molecular weight excluding hydrogens is 226 g/mol. The quantitative estimate of drug-likeness (QED) is 0.818. The lowest BCUT2D eigenvalue weighted by molar-refractivity contribution is -0.120. The van der Waals surface area contributed by atoms with Gasteiger partial charge in [-0.1, -0.05) is 19.1 Å². The van der Waals surface area contributed by atoms with E-state index in [4.69, 9.17) is 5.26 Å². The molecule has 0 unspecified atom stereocenters. The molecule has 0 atom stereocenters. The Balaban J connectivity index is 2.33. The molecule has 4 heteroatoms. The summed E-state index contributed by atoms with van der Waals surface area (Å²) in [5, 5.41) is 11.5. The molecule has 0 aliphatic heterocycles. The smallest absolute Gasteiger partial charge is 0.224 e. The van der Waals surface area contributed by atoms with Crippen LogP contribution in [-0.2, 0) is 11.2 Å². The van der Waals surface area contributed by atoms with Gasteiger partial charge in [-0.25, -0.2) is 0 Å². The van der Waals surface area contributed by atoms with Crippen molar-refractivity contribution >= 4 is 5.91 Å². The Labute approximate surface area is 108 Å². The fraction of sp³-hybridized carbons (Fsp3) is 0.429. The standard InChI is InChI=1S/C14H19N3O/c1-3-17(2)9-8-16-14(18)10-12-4-6-13(11-15)7-5-12/h4-7H,3,8-10H2,1-2H3,(H,16,18). The van der Waals surface area contributed by atoms with Crippen molar-refractivity contribution in [2.75, 3.05) is 26.7 Å². The molecule has 18 heavy (non-hydrogen) atoms. The van der Waals surface area contributed by atoms with Crippen molar-refractivity contribution in [2.45, 2.75) is 13.3 Å². The monoisotopic (exact) mass is 245 g/mol. The predicted octanol–water partition coefficient (Wildman–Crippen LogP) is 1.17. The lowest BCUT2D eigenvalue weighted by Gasteiger charge is -2.13. The van der Waals surface area contributed by atoms with Gasteiger partial charge >= 0.3 is 0 Å². The largest absolute Gasteiger partial charge is 0.355 e. The number of likely N-dealkylation sites (N-methyl/N-ethyl adjacent to an activating group) is 1. The molecule has 1 aromatic rings. The summed E-state index contributed by atoms with van der Waals surface area (Å²) in [6.07, 6.45) is 0.363. The van der Waals surface area contributed by atoms with E-state index in [1.807, 2.05) is 19.2 Å². The van der Waals surface area contributed by atoms with Crippen LogP contribution in [0.3, 0.4) is 0 Å². The highest BCUT2D eigenvalue weighted by Crippen LogP contribution is 2.03. The van der Waals surface area contributed by atoms with Gasteiger partial charge in [-0.05, 0) is 31.3 Å². The van der Waals surface area contributed by atoms with Crippen LogP contribution >= 0.6 is 0 Å². The van der Waals surface area contributed by atoms with Crippen LogP contribution in [0.25, 0.3) is 0 Å². The Hall–Kier alpha value is -1.86. The number of nitrogens with one attached hydrogen (secondary N) is 1. The van der Waals surface area contributed by atoms with Gasteiger partial charge < -0.3 is 10.2 Å². The number of hydrogen-bond donors (Lipinski definition) is 1. The summed E-state index contributed by atoms with van der Waals surface area (Å²) in [5.74, 6) is 0.0178. The molecule has 0 heterocycles. The number of amides is 1. The molecule has 0 saturated carbocycles. The van der Waals surface area contributed by atoms with Crippen LogP contribution in [0.1, 0.15) is 18.1 Å². The molecule has 0 radical (unpaired) electrons. The van der Waals surface area contributed by atoms with Crippen LogP contribution in [-0.4, -0.2) is 37.5 Å². The van der Waals surface area contributed by atoms with E-state index >= 15 is 0 Å². The molecule has 0 fully saturated rings. The van der Waals surface area contributed by atoms with Gasteiger partial charge in [0.2, 0.25) is 5.91 Å². The molecule has 1 amide bonds. The third-order valence-corrected chi connectivity index (χ3v) is 2.80. The summed E-state index contributed by atoms with van der Waals surface area (Å²) < 4.78 is 0. The van der Waals surface area contributed by atoms with Gasteiger partial charge in [0.05, 0.1) is 18.1 Å². The van der Waals surface area contributed by atoms with Crippen LogP contribution in [0.2, 0.25) is 0 Å². The molecule has 0 aromatic heterocycles. The van der Waals surface area contributed by atoms with Gasteiger partial charge in [-0.3, -0.25) is 4.79 Å². The highest BCUT2D eigenvalue weighted by Gasteiger charge is 2.03. The number of nitriles is 1. The summed E-state index contributed by atoms with van der Waals surface area (Å²) >= 11 is 0. The zero-order valence-corrected chi connectivity index (χ0v) is 10.9. The Kier molecular flexibility index (Phi) is 5.89. The van der Waals surface area contributed by atoms with Crippen molar-refractivity contribution in [3.8, 4) is 6.07 Å². The van der Waals surface area contributed by atoms with Gasteiger partial charge in [0, 0.05) is 13.1 Å². The summed E-state index contributed by atoms with van der Waals surface area (Å²) in [4.78, 5) is 13.8. The summed E-state index contributed by atoms with van der Waals surface area (Å²) in [6, 6.07) is 9.15. The van der Waals surface area contributed by atoms with Crippen molar-refractivity contribution < 1.29 is 4.79 Å². The highest BCUT2D eigenvalue weighted by molar-refractivity contribution is 5.78. The average Bonchev–Trinajstić information content (AvgIpc) is 2.39. The second kappa shape index (κ2) is 7.46. The molecule has 1 N–H and O–H groups in total. The summed E-state index contributed by atoms with van der Waals surface area (Å²) in [7, 11) is 2.02. The molecule has 0 spiro atoms. The molecular formula is C14H19N3O. The molecule has 0 saturated heterocycles. The fourth-order valence-corrected chi connectivity index (χ4v) is 1.49. The number of carbonyl (C=O) groups excluding carboxylic acids is 1. The van der Waals surface area contributed by atoms with Crippen molar-refractivity contribution in [3.63, 3.8) is 0 Å². The molecule has 1 rings (SSSR count). The fourth-order valence-electron chi connectivity index (χ4n) is 1.49. The van der Waals surface area contributed by atoms with Gasteiger partial charge in [0.15, 0.2) is 0 Å². The normalized spacial score (nSPS) is 10.1. The minimum atomic E-state index is 0.0178. The maximum absolute atomic E-state index is 11.6.